The van der Waals surface area contributed by atoms with E-state index in [9.17, 15) is 20.2 Å². The van der Waals surface area contributed by atoms with Crippen molar-refractivity contribution >= 4 is 23.3 Å². The molecule has 0 aromatic heterocycles. The van der Waals surface area contributed by atoms with Crippen LogP contribution in [0.2, 0.25) is 0 Å². The Morgan fingerprint density at radius 2 is 1.61 bits per heavy atom. The van der Waals surface area contributed by atoms with E-state index in [4.69, 9.17) is 4.74 Å². The minimum Gasteiger partial charge on any atom is -0.457 e. The summed E-state index contributed by atoms with van der Waals surface area (Å²) in [6.45, 7) is 0. The van der Waals surface area contributed by atoms with Crippen molar-refractivity contribution < 1.29 is 14.6 Å². The molecule has 1 N–H and O–H groups in total. The van der Waals surface area contributed by atoms with Gasteiger partial charge in [-0.25, -0.2) is 0 Å². The Labute approximate surface area is 159 Å². The van der Waals surface area contributed by atoms with Gasteiger partial charge in [-0.1, -0.05) is 30.3 Å². The highest BCUT2D eigenvalue weighted by atomic mass is 16.6. The van der Waals surface area contributed by atoms with E-state index in [0.29, 0.717) is 17.1 Å². The fourth-order valence-electron chi connectivity index (χ4n) is 2.34. The van der Waals surface area contributed by atoms with Gasteiger partial charge in [0.15, 0.2) is 0 Å². The molecule has 9 heteroatoms. The largest absolute Gasteiger partial charge is 0.457 e. The van der Waals surface area contributed by atoms with Gasteiger partial charge in [0.1, 0.15) is 17.2 Å². The zero-order chi connectivity index (χ0) is 19.9. The van der Waals surface area contributed by atoms with Crippen molar-refractivity contribution in [2.24, 2.45) is 5.10 Å². The number of benzene rings is 3. The van der Waals surface area contributed by atoms with E-state index in [1.165, 1.54) is 18.3 Å². The molecule has 0 amide bonds. The number of nitro groups is 2. The third-order valence-electron chi connectivity index (χ3n) is 3.62. The van der Waals surface area contributed by atoms with Crippen LogP contribution in [-0.4, -0.2) is 16.1 Å². The first-order valence-corrected chi connectivity index (χ1v) is 8.08. The van der Waals surface area contributed by atoms with Crippen molar-refractivity contribution in [2.45, 2.75) is 0 Å². The van der Waals surface area contributed by atoms with Gasteiger partial charge in [-0.2, -0.15) is 5.10 Å². The number of hydrogen-bond donors (Lipinski definition) is 1. The Morgan fingerprint density at radius 1 is 0.857 bits per heavy atom. The van der Waals surface area contributed by atoms with Gasteiger partial charge in [0, 0.05) is 6.07 Å². The average Bonchev–Trinajstić information content (AvgIpc) is 2.69. The molecule has 0 spiro atoms. The molecule has 0 bridgehead atoms. The summed E-state index contributed by atoms with van der Waals surface area (Å²) in [7, 11) is 0. The first kappa shape index (κ1) is 18.5. The molecular formula is C19H14N4O5. The van der Waals surface area contributed by atoms with Crippen LogP contribution in [0.25, 0.3) is 0 Å². The maximum Gasteiger partial charge on any atom is 0.301 e. The van der Waals surface area contributed by atoms with Gasteiger partial charge < -0.3 is 4.74 Å². The van der Waals surface area contributed by atoms with Crippen LogP contribution < -0.4 is 10.2 Å². The molecule has 0 aliphatic rings. The second-order valence-corrected chi connectivity index (χ2v) is 5.57. The summed E-state index contributed by atoms with van der Waals surface area (Å²) in [4.78, 5) is 20.5. The fourth-order valence-corrected chi connectivity index (χ4v) is 2.34. The molecule has 0 aliphatic heterocycles. The van der Waals surface area contributed by atoms with Crippen molar-refractivity contribution in [1.82, 2.24) is 0 Å². The van der Waals surface area contributed by atoms with Gasteiger partial charge in [0.25, 0.3) is 5.69 Å². The van der Waals surface area contributed by atoms with E-state index < -0.39 is 15.5 Å². The molecule has 0 saturated carbocycles. The average molecular weight is 378 g/mol. The Hall–Kier alpha value is -4.27. The highest BCUT2D eigenvalue weighted by Crippen LogP contribution is 2.29. The summed E-state index contributed by atoms with van der Waals surface area (Å²) >= 11 is 0. The maximum absolute atomic E-state index is 11.1. The van der Waals surface area contributed by atoms with Crippen molar-refractivity contribution in [1.29, 1.82) is 0 Å². The molecule has 0 heterocycles. The summed E-state index contributed by atoms with van der Waals surface area (Å²) in [5, 5.41) is 25.9. The lowest BCUT2D eigenvalue weighted by Gasteiger charge is -2.06. The maximum atomic E-state index is 11.1. The van der Waals surface area contributed by atoms with E-state index in [2.05, 4.69) is 10.5 Å². The lowest BCUT2D eigenvalue weighted by atomic mass is 10.2. The van der Waals surface area contributed by atoms with Crippen LogP contribution in [0, 0.1) is 20.2 Å². The lowest BCUT2D eigenvalue weighted by molar-refractivity contribution is -0.393. The van der Waals surface area contributed by atoms with Gasteiger partial charge in [-0.3, -0.25) is 25.7 Å². The van der Waals surface area contributed by atoms with Crippen molar-refractivity contribution in [2.75, 3.05) is 5.43 Å². The normalized spacial score (nSPS) is 10.6. The van der Waals surface area contributed by atoms with Gasteiger partial charge >= 0.3 is 5.69 Å². The number of hydrogen-bond acceptors (Lipinski definition) is 7. The molecule has 0 unspecified atom stereocenters. The minimum absolute atomic E-state index is 0.0449. The number of ether oxygens (including phenoxy) is 1. The van der Waals surface area contributed by atoms with Gasteiger partial charge in [0.2, 0.25) is 0 Å². The van der Waals surface area contributed by atoms with E-state index in [1.54, 1.807) is 24.3 Å². The second kappa shape index (κ2) is 8.41. The predicted molar refractivity (Wildman–Crippen MR) is 104 cm³/mol. The number of nitrogens with zero attached hydrogens (tertiary/aromatic N) is 3. The van der Waals surface area contributed by atoms with Crippen LogP contribution in [0.4, 0.5) is 17.1 Å². The van der Waals surface area contributed by atoms with Crippen LogP contribution in [0.15, 0.2) is 77.9 Å². The topological polar surface area (TPSA) is 120 Å². The zero-order valence-electron chi connectivity index (χ0n) is 14.4. The van der Waals surface area contributed by atoms with Crippen LogP contribution in [0.3, 0.4) is 0 Å². The monoisotopic (exact) mass is 378 g/mol. The minimum atomic E-state index is -0.709. The molecule has 0 atom stereocenters. The van der Waals surface area contributed by atoms with Crippen molar-refractivity contribution in [3.8, 4) is 11.5 Å². The number of rotatable bonds is 7. The number of nitrogens with one attached hydrogen (secondary N) is 1. The van der Waals surface area contributed by atoms with E-state index in [0.717, 1.165) is 6.07 Å². The molecule has 0 saturated heterocycles. The molecule has 0 aliphatic carbocycles. The molecule has 3 rings (SSSR count). The van der Waals surface area contributed by atoms with Crippen molar-refractivity contribution in [3.63, 3.8) is 0 Å². The van der Waals surface area contributed by atoms with E-state index in [-0.39, 0.29) is 11.4 Å². The van der Waals surface area contributed by atoms with Gasteiger partial charge in [-0.05, 0) is 35.9 Å². The SMILES string of the molecule is O=[N+]([O-])c1ccc(N/N=C\c2cccc(Oc3ccccc3)c2)c([N+](=O)[O-])c1. The van der Waals surface area contributed by atoms with Crippen LogP contribution in [0.5, 0.6) is 11.5 Å². The summed E-state index contributed by atoms with van der Waals surface area (Å²) in [5.74, 6) is 1.30. The third kappa shape index (κ3) is 4.67. The van der Waals surface area contributed by atoms with Crippen LogP contribution in [0.1, 0.15) is 5.56 Å². The summed E-state index contributed by atoms with van der Waals surface area (Å²) in [5.41, 5.74) is 2.48. The van der Waals surface area contributed by atoms with Crippen LogP contribution in [-0.2, 0) is 0 Å². The van der Waals surface area contributed by atoms with E-state index >= 15 is 0 Å². The molecule has 140 valence electrons. The molecule has 0 radical (unpaired) electrons. The van der Waals surface area contributed by atoms with Crippen molar-refractivity contribution in [3.05, 3.63) is 98.6 Å². The Balaban J connectivity index is 1.74. The first-order valence-electron chi connectivity index (χ1n) is 8.08. The highest BCUT2D eigenvalue weighted by Gasteiger charge is 2.19. The number of hydrazone groups is 1. The Bertz CT molecular complexity index is 1040. The van der Waals surface area contributed by atoms with E-state index in [1.807, 2.05) is 30.3 Å². The number of anilines is 1. The number of para-hydroxylation sites is 1. The summed E-state index contributed by atoms with van der Waals surface area (Å²) in [6.07, 6.45) is 1.46. The molecule has 3 aromatic carbocycles. The Morgan fingerprint density at radius 3 is 2.32 bits per heavy atom. The fraction of sp³-hybridized carbons (Fsp3) is 0. The van der Waals surface area contributed by atoms with Gasteiger partial charge in [0.05, 0.1) is 22.1 Å². The standard InChI is InChI=1S/C19H14N4O5/c24-22(25)15-9-10-18(19(12-15)23(26)27)21-20-13-14-5-4-8-17(11-14)28-16-6-2-1-3-7-16/h1-13,21H/b20-13-. The zero-order valence-corrected chi connectivity index (χ0v) is 14.4. The number of non-ortho nitro benzene ring substituents is 1. The summed E-state index contributed by atoms with van der Waals surface area (Å²) < 4.78 is 5.73. The smallest absolute Gasteiger partial charge is 0.301 e. The third-order valence-corrected chi connectivity index (χ3v) is 3.62. The lowest BCUT2D eigenvalue weighted by Crippen LogP contribution is -1.98. The molecule has 9 nitrogen and oxygen atoms in total. The first-order chi connectivity index (χ1) is 13.5. The number of nitro benzene ring substituents is 2. The molecule has 0 fully saturated rings. The second-order valence-electron chi connectivity index (χ2n) is 5.57. The quantitative estimate of drug-likeness (QED) is 0.360. The highest BCUT2D eigenvalue weighted by molar-refractivity contribution is 5.81. The molecular weight excluding hydrogens is 364 g/mol. The molecule has 28 heavy (non-hydrogen) atoms. The van der Waals surface area contributed by atoms with Crippen LogP contribution >= 0.6 is 0 Å². The van der Waals surface area contributed by atoms with Gasteiger partial charge in [-0.15, -0.1) is 0 Å². The Kier molecular flexibility index (Phi) is 5.56. The molecule has 3 aromatic rings. The predicted octanol–water partition coefficient (Wildman–Crippen LogP) is 4.74. The summed E-state index contributed by atoms with van der Waals surface area (Å²) in [6, 6.07) is 19.7.